The number of carbonyl (C=O) groups excluding carboxylic acids is 1. The number of nitrogens with one attached hydrogen (secondary N) is 1. The van der Waals surface area contributed by atoms with Crippen molar-refractivity contribution in [3.05, 3.63) is 59.9 Å². The number of fused-ring (bicyclic) bond motifs is 3. The molecule has 8 heteroatoms. The lowest BCUT2D eigenvalue weighted by Crippen LogP contribution is -2.27. The first kappa shape index (κ1) is 19.3. The Hall–Kier alpha value is -3.00. The number of hydrogen-bond donors (Lipinski definition) is 1. The van der Waals surface area contributed by atoms with Crippen molar-refractivity contribution in [1.82, 2.24) is 25.1 Å². The summed E-state index contributed by atoms with van der Waals surface area (Å²) >= 11 is 1.26. The predicted molar refractivity (Wildman–Crippen MR) is 112 cm³/mol. The van der Waals surface area contributed by atoms with Gasteiger partial charge in [0.15, 0.2) is 5.65 Å². The first-order chi connectivity index (χ1) is 14.2. The summed E-state index contributed by atoms with van der Waals surface area (Å²) in [6, 6.07) is 14.3. The molecule has 0 radical (unpaired) electrons. The number of nitrogens with zero attached hydrogens (tertiary/aromatic N) is 4. The zero-order chi connectivity index (χ0) is 20.2. The second-order valence-corrected chi connectivity index (χ2v) is 7.49. The summed E-state index contributed by atoms with van der Waals surface area (Å²) in [6.45, 7) is 3.33. The van der Waals surface area contributed by atoms with Gasteiger partial charge >= 0.3 is 0 Å². The van der Waals surface area contributed by atoms with Crippen LogP contribution in [0.3, 0.4) is 0 Å². The Morgan fingerprint density at radius 2 is 1.93 bits per heavy atom. The second kappa shape index (κ2) is 8.57. The van der Waals surface area contributed by atoms with Gasteiger partial charge < -0.3 is 9.88 Å². The lowest BCUT2D eigenvalue weighted by molar-refractivity contribution is -0.118. The maximum Gasteiger partial charge on any atom is 0.230 e. The molecular formula is C21H20FN5OS. The number of amides is 1. The van der Waals surface area contributed by atoms with Crippen molar-refractivity contribution in [3.63, 3.8) is 0 Å². The third kappa shape index (κ3) is 4.22. The van der Waals surface area contributed by atoms with Crippen LogP contribution in [0.25, 0.3) is 22.1 Å². The van der Waals surface area contributed by atoms with Gasteiger partial charge in [-0.3, -0.25) is 4.79 Å². The number of aryl methyl sites for hydroxylation is 1. The van der Waals surface area contributed by atoms with Crippen molar-refractivity contribution >= 4 is 39.7 Å². The largest absolute Gasteiger partial charge is 0.355 e. The number of halogens is 1. The predicted octanol–water partition coefficient (Wildman–Crippen LogP) is 3.59. The number of para-hydroxylation sites is 1. The van der Waals surface area contributed by atoms with E-state index < -0.39 is 0 Å². The van der Waals surface area contributed by atoms with E-state index in [0.29, 0.717) is 18.1 Å². The Balaban J connectivity index is 1.38. The normalized spacial score (nSPS) is 11.2. The van der Waals surface area contributed by atoms with Gasteiger partial charge in [-0.1, -0.05) is 42.1 Å². The third-order valence-electron chi connectivity index (χ3n) is 4.65. The molecule has 6 nitrogen and oxygen atoms in total. The number of carbonyl (C=O) groups is 1. The van der Waals surface area contributed by atoms with Crippen LogP contribution in [0.15, 0.2) is 53.7 Å². The van der Waals surface area contributed by atoms with Crippen LogP contribution in [0.2, 0.25) is 0 Å². The maximum absolute atomic E-state index is 12.9. The van der Waals surface area contributed by atoms with E-state index >= 15 is 0 Å². The Bertz CT molecular complexity index is 1160. The van der Waals surface area contributed by atoms with Gasteiger partial charge in [-0.15, -0.1) is 10.2 Å². The van der Waals surface area contributed by atoms with Crippen LogP contribution < -0.4 is 5.32 Å². The average Bonchev–Trinajstić information content (AvgIpc) is 3.06. The molecule has 0 fully saturated rings. The number of hydrogen-bond acceptors (Lipinski definition) is 5. The standard InChI is InChI=1S/C21H20FN5OS/c1-2-27-17-6-4-3-5-16(17)19-20(27)24-21(26-25-19)29-13-18(28)23-12-11-14-7-9-15(22)10-8-14/h3-10H,2,11-13H2,1H3,(H,23,28). The molecule has 2 aromatic heterocycles. The molecule has 0 aliphatic heterocycles. The highest BCUT2D eigenvalue weighted by atomic mass is 32.2. The molecule has 0 saturated carbocycles. The van der Waals surface area contributed by atoms with E-state index in [1.807, 2.05) is 24.3 Å². The molecule has 2 aromatic carbocycles. The van der Waals surface area contributed by atoms with Crippen molar-refractivity contribution in [2.45, 2.75) is 25.0 Å². The summed E-state index contributed by atoms with van der Waals surface area (Å²) in [4.78, 5) is 16.7. The molecule has 4 rings (SSSR count). The van der Waals surface area contributed by atoms with E-state index in [2.05, 4.69) is 32.0 Å². The molecule has 0 atom stereocenters. The second-order valence-electron chi connectivity index (χ2n) is 6.54. The van der Waals surface area contributed by atoms with Crippen molar-refractivity contribution in [2.24, 2.45) is 0 Å². The summed E-state index contributed by atoms with van der Waals surface area (Å²) in [6.07, 6.45) is 0.650. The SMILES string of the molecule is CCn1c2ccccc2c2nnc(SCC(=O)NCCc3ccc(F)cc3)nc21. The molecule has 0 bridgehead atoms. The molecule has 29 heavy (non-hydrogen) atoms. The highest BCUT2D eigenvalue weighted by Gasteiger charge is 2.14. The average molecular weight is 409 g/mol. The Labute approximate surface area is 171 Å². The molecule has 148 valence electrons. The molecule has 0 saturated heterocycles. The van der Waals surface area contributed by atoms with Gasteiger partial charge in [-0.05, 0) is 37.1 Å². The van der Waals surface area contributed by atoms with E-state index in [4.69, 9.17) is 0 Å². The number of thioether (sulfide) groups is 1. The minimum absolute atomic E-state index is 0.100. The van der Waals surface area contributed by atoms with Crippen LogP contribution in [-0.4, -0.2) is 38.0 Å². The summed E-state index contributed by atoms with van der Waals surface area (Å²) < 4.78 is 15.0. The first-order valence-corrected chi connectivity index (χ1v) is 10.4. The molecule has 2 heterocycles. The van der Waals surface area contributed by atoms with Crippen LogP contribution in [0.5, 0.6) is 0 Å². The van der Waals surface area contributed by atoms with Crippen molar-refractivity contribution < 1.29 is 9.18 Å². The van der Waals surface area contributed by atoms with Gasteiger partial charge in [-0.2, -0.15) is 0 Å². The zero-order valence-corrected chi connectivity index (χ0v) is 16.7. The lowest BCUT2D eigenvalue weighted by atomic mass is 10.1. The fourth-order valence-corrected chi connectivity index (χ4v) is 3.86. The summed E-state index contributed by atoms with van der Waals surface area (Å²) in [5.74, 6) is -0.151. The summed E-state index contributed by atoms with van der Waals surface area (Å²) in [5.41, 5.74) is 3.61. The van der Waals surface area contributed by atoms with Crippen LogP contribution in [-0.2, 0) is 17.8 Å². The van der Waals surface area contributed by atoms with Crippen LogP contribution >= 0.6 is 11.8 Å². The fourth-order valence-electron chi connectivity index (χ4n) is 3.25. The number of aromatic nitrogens is 4. The van der Waals surface area contributed by atoms with E-state index in [9.17, 15) is 9.18 Å². The van der Waals surface area contributed by atoms with Crippen molar-refractivity contribution in [1.29, 1.82) is 0 Å². The van der Waals surface area contributed by atoms with Gasteiger partial charge in [0.25, 0.3) is 0 Å². The van der Waals surface area contributed by atoms with Crippen LogP contribution in [0.1, 0.15) is 12.5 Å². The molecule has 0 spiro atoms. The molecule has 1 amide bonds. The van der Waals surface area contributed by atoms with Crippen LogP contribution in [0, 0.1) is 5.82 Å². The molecule has 0 aliphatic carbocycles. The van der Waals surface area contributed by atoms with E-state index in [1.54, 1.807) is 12.1 Å². The minimum Gasteiger partial charge on any atom is -0.355 e. The van der Waals surface area contributed by atoms with Gasteiger partial charge in [0.05, 0.1) is 11.3 Å². The Kier molecular flexibility index (Phi) is 5.71. The quantitative estimate of drug-likeness (QED) is 0.472. The van der Waals surface area contributed by atoms with E-state index in [1.165, 1.54) is 23.9 Å². The smallest absolute Gasteiger partial charge is 0.230 e. The van der Waals surface area contributed by atoms with Crippen LogP contribution in [0.4, 0.5) is 4.39 Å². The Morgan fingerprint density at radius 1 is 1.14 bits per heavy atom. The van der Waals surface area contributed by atoms with Crippen molar-refractivity contribution in [2.75, 3.05) is 12.3 Å². The molecule has 0 aliphatic rings. The third-order valence-corrected chi connectivity index (χ3v) is 5.49. The highest BCUT2D eigenvalue weighted by Crippen LogP contribution is 2.26. The van der Waals surface area contributed by atoms with E-state index in [-0.39, 0.29) is 17.5 Å². The van der Waals surface area contributed by atoms with Gasteiger partial charge in [0, 0.05) is 18.5 Å². The van der Waals surface area contributed by atoms with Gasteiger partial charge in [-0.25, -0.2) is 9.37 Å². The molecule has 0 unspecified atom stereocenters. The highest BCUT2D eigenvalue weighted by molar-refractivity contribution is 7.99. The molecule has 1 N–H and O–H groups in total. The van der Waals surface area contributed by atoms with Gasteiger partial charge in [0.2, 0.25) is 11.1 Å². The topological polar surface area (TPSA) is 72.7 Å². The summed E-state index contributed by atoms with van der Waals surface area (Å²) in [7, 11) is 0. The first-order valence-electron chi connectivity index (χ1n) is 9.41. The molecular weight excluding hydrogens is 389 g/mol. The molecule has 4 aromatic rings. The monoisotopic (exact) mass is 409 g/mol. The maximum atomic E-state index is 12.9. The summed E-state index contributed by atoms with van der Waals surface area (Å²) in [5, 5.41) is 12.9. The Morgan fingerprint density at radius 3 is 2.72 bits per heavy atom. The number of rotatable bonds is 7. The van der Waals surface area contributed by atoms with Gasteiger partial charge in [0.1, 0.15) is 11.3 Å². The number of benzene rings is 2. The zero-order valence-electron chi connectivity index (χ0n) is 15.9. The minimum atomic E-state index is -0.262. The fraction of sp³-hybridized carbons (Fsp3) is 0.238. The lowest BCUT2D eigenvalue weighted by Gasteiger charge is -2.05. The van der Waals surface area contributed by atoms with E-state index in [0.717, 1.165) is 34.2 Å². The van der Waals surface area contributed by atoms with Crippen molar-refractivity contribution in [3.8, 4) is 0 Å².